The monoisotopic (exact) mass is 386 g/mol. The third-order valence-corrected chi connectivity index (χ3v) is 4.35. The third-order valence-electron chi connectivity index (χ3n) is 3.97. The molecule has 0 saturated carbocycles. The van der Waals surface area contributed by atoms with Gasteiger partial charge in [-0.25, -0.2) is 4.68 Å². The van der Waals surface area contributed by atoms with Crippen molar-refractivity contribution >= 4 is 29.6 Å². The number of hydrogen-bond donors (Lipinski definition) is 2. The first-order valence-corrected chi connectivity index (χ1v) is 8.94. The molecule has 3 aromatic rings. The van der Waals surface area contributed by atoms with Gasteiger partial charge in [-0.05, 0) is 49.3 Å². The van der Waals surface area contributed by atoms with E-state index in [1.807, 2.05) is 52.8 Å². The van der Waals surface area contributed by atoms with Gasteiger partial charge in [-0.2, -0.15) is 9.61 Å². The van der Waals surface area contributed by atoms with Gasteiger partial charge in [-0.1, -0.05) is 26.8 Å². The normalized spacial score (nSPS) is 11.7. The number of H-pyrrole nitrogens is 1. The zero-order chi connectivity index (χ0) is 19.9. The minimum absolute atomic E-state index is 0.0813. The molecule has 2 N–H and O–H groups in total. The van der Waals surface area contributed by atoms with Crippen molar-refractivity contribution < 1.29 is 4.79 Å². The summed E-state index contributed by atoms with van der Waals surface area (Å²) in [5.41, 5.74) is 2.43. The van der Waals surface area contributed by atoms with Crippen LogP contribution in [0.2, 0.25) is 0 Å². The Morgan fingerprint density at radius 1 is 1.19 bits per heavy atom. The molecule has 0 unspecified atom stereocenters. The van der Waals surface area contributed by atoms with Crippen LogP contribution < -0.4 is 10.9 Å². The predicted octanol–water partition coefficient (Wildman–Crippen LogP) is 2.50. The van der Waals surface area contributed by atoms with Crippen molar-refractivity contribution in [1.29, 1.82) is 0 Å². The van der Waals surface area contributed by atoms with Gasteiger partial charge < -0.3 is 5.32 Å². The highest BCUT2D eigenvalue weighted by Gasteiger charge is 2.22. The summed E-state index contributed by atoms with van der Waals surface area (Å²) in [6.45, 7) is 9.53. The fourth-order valence-electron chi connectivity index (χ4n) is 2.85. The molecule has 27 heavy (non-hydrogen) atoms. The minimum atomic E-state index is -0.445. The van der Waals surface area contributed by atoms with E-state index in [-0.39, 0.29) is 28.6 Å². The number of carbonyl (C=O) groups is 1. The molecule has 2 heterocycles. The molecule has 0 atom stereocenters. The van der Waals surface area contributed by atoms with Crippen molar-refractivity contribution in [2.24, 2.45) is 0 Å². The number of nitrogens with zero attached hydrogens (tertiary/aromatic N) is 4. The number of anilines is 1. The van der Waals surface area contributed by atoms with Crippen molar-refractivity contribution in [1.82, 2.24) is 24.4 Å². The quantitative estimate of drug-likeness (QED) is 0.674. The van der Waals surface area contributed by atoms with Crippen molar-refractivity contribution in [2.45, 2.75) is 46.6 Å². The van der Waals surface area contributed by atoms with Crippen molar-refractivity contribution in [3.8, 4) is 0 Å². The molecule has 2 aromatic heterocycles. The lowest BCUT2D eigenvalue weighted by Gasteiger charge is -2.15. The summed E-state index contributed by atoms with van der Waals surface area (Å²) in [5.74, 6) is -0.0601. The maximum Gasteiger partial charge on any atom is 0.274 e. The summed E-state index contributed by atoms with van der Waals surface area (Å²) in [6, 6.07) is 5.81. The van der Waals surface area contributed by atoms with E-state index >= 15 is 0 Å². The zero-order valence-corrected chi connectivity index (χ0v) is 16.8. The third kappa shape index (κ3) is 3.97. The van der Waals surface area contributed by atoms with Gasteiger partial charge in [-0.15, -0.1) is 5.10 Å². The van der Waals surface area contributed by atoms with E-state index < -0.39 is 5.41 Å². The highest BCUT2D eigenvalue weighted by atomic mass is 32.1. The molecule has 142 valence electrons. The van der Waals surface area contributed by atoms with Gasteiger partial charge in [0.25, 0.3) is 11.3 Å². The number of aryl methyl sites for hydroxylation is 2. The van der Waals surface area contributed by atoms with E-state index in [1.165, 1.54) is 9.20 Å². The molecular weight excluding hydrogens is 364 g/mol. The van der Waals surface area contributed by atoms with E-state index in [9.17, 15) is 9.59 Å². The van der Waals surface area contributed by atoms with Crippen molar-refractivity contribution in [2.75, 3.05) is 5.32 Å². The summed E-state index contributed by atoms with van der Waals surface area (Å²) in [6.07, 6.45) is 0. The number of aromatic nitrogens is 5. The Morgan fingerprint density at radius 2 is 1.81 bits per heavy atom. The van der Waals surface area contributed by atoms with Crippen molar-refractivity contribution in [3.63, 3.8) is 0 Å². The average Bonchev–Trinajstić information content (AvgIpc) is 2.79. The van der Waals surface area contributed by atoms with Crippen LogP contribution in [0.25, 0.3) is 5.78 Å². The Labute approximate surface area is 161 Å². The maximum absolute atomic E-state index is 12.4. The second-order valence-corrected chi connectivity index (χ2v) is 8.02. The van der Waals surface area contributed by atoms with Crippen LogP contribution in [-0.2, 0) is 16.8 Å². The Kier molecular flexibility index (Phi) is 4.73. The molecule has 0 aliphatic rings. The van der Waals surface area contributed by atoms with Gasteiger partial charge in [0.15, 0.2) is 0 Å². The Hall–Kier alpha value is -2.81. The zero-order valence-electron chi connectivity index (χ0n) is 16.0. The van der Waals surface area contributed by atoms with Crippen molar-refractivity contribution in [3.05, 3.63) is 50.1 Å². The molecular formula is C18H22N6O2S. The Morgan fingerprint density at radius 3 is 2.41 bits per heavy atom. The number of carbonyl (C=O) groups excluding carboxylic acids is 1. The van der Waals surface area contributed by atoms with Crippen LogP contribution in [0.1, 0.15) is 37.6 Å². The van der Waals surface area contributed by atoms with Gasteiger partial charge in [0.1, 0.15) is 12.2 Å². The summed E-state index contributed by atoms with van der Waals surface area (Å²) in [4.78, 5) is 27.3. The van der Waals surface area contributed by atoms with Gasteiger partial charge in [0.05, 0.1) is 0 Å². The van der Waals surface area contributed by atoms with Gasteiger partial charge in [0.2, 0.25) is 10.7 Å². The second-order valence-electron chi connectivity index (χ2n) is 7.65. The molecule has 9 heteroatoms. The highest BCUT2D eigenvalue weighted by molar-refractivity contribution is 7.71. The number of amides is 1. The van der Waals surface area contributed by atoms with Crippen LogP contribution in [0.3, 0.4) is 0 Å². The molecule has 0 spiro atoms. The molecule has 3 rings (SSSR count). The fourth-order valence-corrected chi connectivity index (χ4v) is 3.08. The van der Waals surface area contributed by atoms with E-state index in [0.29, 0.717) is 11.4 Å². The van der Waals surface area contributed by atoms with E-state index in [1.54, 1.807) is 0 Å². The number of aromatic amines is 1. The first kappa shape index (κ1) is 19.0. The molecule has 0 radical (unpaired) electrons. The second kappa shape index (κ2) is 6.73. The van der Waals surface area contributed by atoms with E-state index in [4.69, 9.17) is 12.2 Å². The number of nitrogens with one attached hydrogen (secondary N) is 2. The van der Waals surface area contributed by atoms with Crippen LogP contribution in [0.4, 0.5) is 5.69 Å². The number of rotatable bonds is 3. The SMILES string of the molecule is Cc1cc(C)cc(NC(=O)Cn2nc3[nH]c(=O)c(C(C)(C)C)nn3c2=S)c1. The number of fused-ring (bicyclic) bond motifs is 1. The first-order chi connectivity index (χ1) is 12.5. The Bertz CT molecular complexity index is 1130. The topological polar surface area (TPSA) is 97.1 Å². The van der Waals surface area contributed by atoms with Gasteiger partial charge in [-0.3, -0.25) is 14.6 Å². The predicted molar refractivity (Wildman–Crippen MR) is 106 cm³/mol. The number of benzene rings is 1. The maximum atomic E-state index is 12.4. The largest absolute Gasteiger partial charge is 0.324 e. The number of hydrogen-bond acceptors (Lipinski definition) is 5. The van der Waals surface area contributed by atoms with Crippen LogP contribution in [-0.4, -0.2) is 30.3 Å². The molecule has 0 aliphatic carbocycles. The Balaban J connectivity index is 1.91. The summed E-state index contributed by atoms with van der Waals surface area (Å²) in [7, 11) is 0. The average molecular weight is 386 g/mol. The van der Waals surface area contributed by atoms with Crippen LogP contribution >= 0.6 is 12.2 Å². The summed E-state index contributed by atoms with van der Waals surface area (Å²) >= 11 is 5.38. The molecule has 1 aromatic carbocycles. The van der Waals surface area contributed by atoms with Crippen LogP contribution in [0.15, 0.2) is 23.0 Å². The minimum Gasteiger partial charge on any atom is -0.324 e. The lowest BCUT2D eigenvalue weighted by molar-refractivity contribution is -0.116. The lowest BCUT2D eigenvalue weighted by Crippen LogP contribution is -2.28. The summed E-state index contributed by atoms with van der Waals surface area (Å²) in [5, 5.41) is 11.4. The van der Waals surface area contributed by atoms with E-state index in [0.717, 1.165) is 11.1 Å². The van der Waals surface area contributed by atoms with Crippen LogP contribution in [0, 0.1) is 18.6 Å². The smallest absolute Gasteiger partial charge is 0.274 e. The highest BCUT2D eigenvalue weighted by Crippen LogP contribution is 2.16. The molecule has 0 aliphatic heterocycles. The molecule has 8 nitrogen and oxygen atoms in total. The summed E-state index contributed by atoms with van der Waals surface area (Å²) < 4.78 is 2.96. The molecule has 0 fully saturated rings. The van der Waals surface area contributed by atoms with Crippen LogP contribution in [0.5, 0.6) is 0 Å². The molecule has 0 saturated heterocycles. The van der Waals surface area contributed by atoms with Gasteiger partial charge >= 0.3 is 0 Å². The molecule has 0 bridgehead atoms. The van der Waals surface area contributed by atoms with Gasteiger partial charge in [0, 0.05) is 11.1 Å². The fraction of sp³-hybridized carbons (Fsp3) is 0.389. The standard InChI is InChI=1S/C18H22N6O2S/c1-10-6-11(2)8-12(7-10)19-13(25)9-23-17(27)24-16(22-23)20-15(26)14(21-24)18(3,4)5/h6-8H,9H2,1-5H3,(H,19,25)(H,20,22,26). The lowest BCUT2D eigenvalue weighted by atomic mass is 9.93. The first-order valence-electron chi connectivity index (χ1n) is 8.53. The molecule has 1 amide bonds. The van der Waals surface area contributed by atoms with E-state index in [2.05, 4.69) is 20.5 Å².